The maximum atomic E-state index is 12.9. The summed E-state index contributed by atoms with van der Waals surface area (Å²) in [6, 6.07) is 2.08. The number of carbonyl (C=O) groups is 2. The minimum absolute atomic E-state index is 0.482. The van der Waals surface area contributed by atoms with E-state index in [1.54, 1.807) is 4.72 Å². The van der Waals surface area contributed by atoms with Gasteiger partial charge in [0.2, 0.25) is 10.0 Å². The van der Waals surface area contributed by atoms with Crippen LogP contribution in [0.1, 0.15) is 6.42 Å². The summed E-state index contributed by atoms with van der Waals surface area (Å²) in [5.74, 6) is -3.93. The molecule has 104 valence electrons. The largest absolute Gasteiger partial charge is 0.481 e. The van der Waals surface area contributed by atoms with Crippen molar-refractivity contribution < 1.29 is 32.6 Å². The van der Waals surface area contributed by atoms with Crippen LogP contribution in [-0.2, 0) is 19.6 Å². The molecule has 0 aliphatic heterocycles. The zero-order valence-corrected chi connectivity index (χ0v) is 10.2. The van der Waals surface area contributed by atoms with E-state index in [0.717, 1.165) is 18.2 Å². The lowest BCUT2D eigenvalue weighted by Crippen LogP contribution is -2.42. The summed E-state index contributed by atoms with van der Waals surface area (Å²) in [6.07, 6.45) is -0.927. The number of carboxylic acids is 2. The summed E-state index contributed by atoms with van der Waals surface area (Å²) in [5, 5.41) is 17.2. The molecule has 0 amide bonds. The topological polar surface area (TPSA) is 121 Å². The summed E-state index contributed by atoms with van der Waals surface area (Å²) in [4.78, 5) is 20.7. The Morgan fingerprint density at radius 1 is 1.32 bits per heavy atom. The van der Waals surface area contributed by atoms with Gasteiger partial charge in [-0.05, 0) is 18.2 Å². The molecule has 0 heterocycles. The monoisotopic (exact) mass is 291 g/mol. The molecule has 0 fully saturated rings. The molecule has 1 aromatic rings. The van der Waals surface area contributed by atoms with Crippen LogP contribution in [0.15, 0.2) is 29.2 Å². The maximum Gasteiger partial charge on any atom is 0.322 e. The first-order valence-electron chi connectivity index (χ1n) is 4.95. The Kier molecular flexibility index (Phi) is 4.57. The third kappa shape index (κ3) is 4.30. The van der Waals surface area contributed by atoms with Gasteiger partial charge in [-0.1, -0.05) is 6.07 Å². The van der Waals surface area contributed by atoms with Gasteiger partial charge in [0.1, 0.15) is 11.9 Å². The molecule has 0 radical (unpaired) electrons. The van der Waals surface area contributed by atoms with Gasteiger partial charge < -0.3 is 10.2 Å². The van der Waals surface area contributed by atoms with E-state index in [2.05, 4.69) is 0 Å². The van der Waals surface area contributed by atoms with Gasteiger partial charge >= 0.3 is 11.9 Å². The van der Waals surface area contributed by atoms with E-state index >= 15 is 0 Å². The number of nitrogens with one attached hydrogen (secondary N) is 1. The Bertz CT molecular complexity index is 600. The van der Waals surface area contributed by atoms with Gasteiger partial charge in [-0.2, -0.15) is 4.72 Å². The molecule has 19 heavy (non-hydrogen) atoms. The van der Waals surface area contributed by atoms with E-state index in [1.807, 2.05) is 0 Å². The van der Waals surface area contributed by atoms with E-state index in [9.17, 15) is 22.4 Å². The number of hydrogen-bond acceptors (Lipinski definition) is 4. The highest BCUT2D eigenvalue weighted by atomic mass is 32.2. The highest BCUT2D eigenvalue weighted by Gasteiger charge is 2.27. The van der Waals surface area contributed by atoms with Crippen molar-refractivity contribution in [3.63, 3.8) is 0 Å². The van der Waals surface area contributed by atoms with Crippen LogP contribution in [0.25, 0.3) is 0 Å². The van der Waals surface area contributed by atoms with E-state index in [4.69, 9.17) is 10.2 Å². The summed E-state index contributed by atoms with van der Waals surface area (Å²) in [5.41, 5.74) is 0. The molecule has 1 rings (SSSR count). The molecule has 0 aliphatic rings. The Balaban J connectivity index is 3.00. The molecule has 0 bridgehead atoms. The highest BCUT2D eigenvalue weighted by Crippen LogP contribution is 2.11. The minimum Gasteiger partial charge on any atom is -0.481 e. The van der Waals surface area contributed by atoms with Crippen molar-refractivity contribution >= 4 is 22.0 Å². The van der Waals surface area contributed by atoms with Gasteiger partial charge in [-0.25, -0.2) is 12.8 Å². The van der Waals surface area contributed by atoms with Crippen molar-refractivity contribution in [2.24, 2.45) is 0 Å². The van der Waals surface area contributed by atoms with Gasteiger partial charge in [0.25, 0.3) is 0 Å². The van der Waals surface area contributed by atoms with Crippen LogP contribution < -0.4 is 4.72 Å². The fourth-order valence-corrected chi connectivity index (χ4v) is 2.46. The summed E-state index contributed by atoms with van der Waals surface area (Å²) in [7, 11) is -4.31. The van der Waals surface area contributed by atoms with Crippen LogP contribution in [0.2, 0.25) is 0 Å². The molecule has 0 aliphatic carbocycles. The van der Waals surface area contributed by atoms with E-state index in [-0.39, 0.29) is 0 Å². The fourth-order valence-electron chi connectivity index (χ4n) is 1.24. The standard InChI is InChI=1S/C10H10FNO6S/c11-6-2-1-3-7(4-6)19(17,18)12-8(10(15)16)5-9(13)14/h1-4,8,12H,5H2,(H,13,14)(H,15,16)/t8-/m1/s1. The number of hydrogen-bond donors (Lipinski definition) is 3. The Labute approximate surface area is 107 Å². The number of aliphatic carboxylic acids is 2. The van der Waals surface area contributed by atoms with E-state index in [1.165, 1.54) is 0 Å². The van der Waals surface area contributed by atoms with Gasteiger partial charge in [-0.3, -0.25) is 9.59 Å². The Morgan fingerprint density at radius 2 is 1.95 bits per heavy atom. The van der Waals surface area contributed by atoms with Gasteiger partial charge in [0, 0.05) is 0 Å². The molecule has 0 spiro atoms. The average molecular weight is 291 g/mol. The molecule has 0 aromatic heterocycles. The SMILES string of the molecule is O=C(O)C[C@@H](NS(=O)(=O)c1cccc(F)c1)C(=O)O. The third-order valence-electron chi connectivity index (χ3n) is 2.08. The van der Waals surface area contributed by atoms with Crippen molar-refractivity contribution in [1.82, 2.24) is 4.72 Å². The first-order chi connectivity index (χ1) is 8.72. The lowest BCUT2D eigenvalue weighted by atomic mass is 10.2. The van der Waals surface area contributed by atoms with Crippen molar-refractivity contribution in [3.8, 4) is 0 Å². The maximum absolute atomic E-state index is 12.9. The zero-order valence-electron chi connectivity index (χ0n) is 9.41. The minimum atomic E-state index is -4.31. The zero-order chi connectivity index (χ0) is 14.6. The molecular weight excluding hydrogens is 281 g/mol. The fraction of sp³-hybridized carbons (Fsp3) is 0.200. The molecule has 0 saturated carbocycles. The van der Waals surface area contributed by atoms with E-state index in [0.29, 0.717) is 6.07 Å². The number of rotatable bonds is 6. The van der Waals surface area contributed by atoms with E-state index < -0.39 is 45.1 Å². The molecule has 1 aromatic carbocycles. The second-order valence-corrected chi connectivity index (χ2v) is 5.28. The highest BCUT2D eigenvalue weighted by molar-refractivity contribution is 7.89. The summed E-state index contributed by atoms with van der Waals surface area (Å²) in [6.45, 7) is 0. The quantitative estimate of drug-likeness (QED) is 0.680. The van der Waals surface area contributed by atoms with Gasteiger partial charge in [-0.15, -0.1) is 0 Å². The van der Waals surface area contributed by atoms with Crippen LogP contribution in [0.3, 0.4) is 0 Å². The summed E-state index contributed by atoms with van der Waals surface area (Å²) < 4.78 is 38.1. The molecule has 1 atom stereocenters. The molecule has 0 saturated heterocycles. The molecule has 3 N–H and O–H groups in total. The predicted octanol–water partition coefficient (Wildman–Crippen LogP) is 0.0319. The number of benzene rings is 1. The lowest BCUT2D eigenvalue weighted by Gasteiger charge is -2.12. The first-order valence-corrected chi connectivity index (χ1v) is 6.43. The molecule has 7 nitrogen and oxygen atoms in total. The lowest BCUT2D eigenvalue weighted by molar-refractivity contribution is -0.145. The number of sulfonamides is 1. The van der Waals surface area contributed by atoms with Crippen LogP contribution in [-0.4, -0.2) is 36.6 Å². The van der Waals surface area contributed by atoms with Crippen molar-refractivity contribution in [2.75, 3.05) is 0 Å². The molecule has 0 unspecified atom stereocenters. The Hall–Kier alpha value is -2.00. The van der Waals surface area contributed by atoms with Gasteiger partial charge in [0.05, 0.1) is 11.3 Å². The molecular formula is C10H10FNO6S. The van der Waals surface area contributed by atoms with Crippen molar-refractivity contribution in [1.29, 1.82) is 0 Å². The first kappa shape index (κ1) is 15.1. The van der Waals surface area contributed by atoms with Crippen molar-refractivity contribution in [3.05, 3.63) is 30.1 Å². The number of carboxylic acid groups (broad SMARTS) is 2. The van der Waals surface area contributed by atoms with Crippen molar-refractivity contribution in [2.45, 2.75) is 17.4 Å². The van der Waals surface area contributed by atoms with Crippen LogP contribution >= 0.6 is 0 Å². The smallest absolute Gasteiger partial charge is 0.322 e. The predicted molar refractivity (Wildman–Crippen MR) is 60.4 cm³/mol. The van der Waals surface area contributed by atoms with Crippen LogP contribution in [0.4, 0.5) is 4.39 Å². The Morgan fingerprint density at radius 3 is 2.42 bits per heavy atom. The molecule has 9 heteroatoms. The second kappa shape index (κ2) is 5.76. The van der Waals surface area contributed by atoms with Crippen LogP contribution in [0, 0.1) is 5.82 Å². The summed E-state index contributed by atoms with van der Waals surface area (Å²) >= 11 is 0. The third-order valence-corrected chi connectivity index (χ3v) is 3.55. The number of halogens is 1. The van der Waals surface area contributed by atoms with Crippen LogP contribution in [0.5, 0.6) is 0 Å². The van der Waals surface area contributed by atoms with Gasteiger partial charge in [0.15, 0.2) is 0 Å². The average Bonchev–Trinajstić information content (AvgIpc) is 2.27. The normalized spacial score (nSPS) is 12.9. The second-order valence-electron chi connectivity index (χ2n) is 3.57.